The van der Waals surface area contributed by atoms with Gasteiger partial charge in [-0.2, -0.15) is 0 Å². The molecule has 2 aromatic rings. The summed E-state index contributed by atoms with van der Waals surface area (Å²) < 4.78 is 16.0. The first-order valence-corrected chi connectivity index (χ1v) is 9.03. The fraction of sp³-hybridized carbons (Fsp3) is 0.471. The van der Waals surface area contributed by atoms with E-state index >= 15 is 0 Å². The molecule has 0 radical (unpaired) electrons. The number of carbonyl (C=O) groups excluding carboxylic acids is 1. The second-order valence-electron chi connectivity index (χ2n) is 5.34. The van der Waals surface area contributed by atoms with Crippen molar-refractivity contribution in [1.29, 1.82) is 0 Å². The topological polar surface area (TPSA) is 85.8 Å². The predicted molar refractivity (Wildman–Crippen MR) is 101 cm³/mol. The Hall–Kier alpha value is -2.39. The average Bonchev–Trinajstić information content (AvgIpc) is 3.12. The highest BCUT2D eigenvalue weighted by molar-refractivity contribution is 7.18. The van der Waals surface area contributed by atoms with Crippen molar-refractivity contribution >= 4 is 22.4 Å². The minimum Gasteiger partial charge on any atom is -0.493 e. The lowest BCUT2D eigenvalue weighted by Gasteiger charge is -2.16. The molecule has 0 aliphatic carbocycles. The predicted octanol–water partition coefficient (Wildman–Crippen LogP) is 2.51. The van der Waals surface area contributed by atoms with Crippen LogP contribution in [0.1, 0.15) is 13.8 Å². The zero-order chi connectivity index (χ0) is 19.1. The summed E-state index contributed by atoms with van der Waals surface area (Å²) in [6.07, 6.45) is 0. The maximum atomic E-state index is 12.1. The molecule has 1 aromatic heterocycles. The quantitative estimate of drug-likeness (QED) is 0.715. The number of rotatable bonds is 9. The summed E-state index contributed by atoms with van der Waals surface area (Å²) >= 11 is 1.28. The van der Waals surface area contributed by atoms with Crippen LogP contribution in [0.3, 0.4) is 0 Å². The molecule has 142 valence electrons. The van der Waals surface area contributed by atoms with E-state index in [9.17, 15) is 4.79 Å². The molecule has 8 nitrogen and oxygen atoms in total. The standard InChI is InChI=1S/C17H24N4O4S/c1-6-21(7-2)10-14(22)18-17-20-19-16(26-17)11-8-12(23-3)15(25-5)13(9-11)24-4/h8-9H,6-7,10H2,1-5H3,(H,18,20,22). The van der Waals surface area contributed by atoms with Crippen LogP contribution in [-0.4, -0.2) is 62.0 Å². The molecule has 1 N–H and O–H groups in total. The molecule has 0 spiro atoms. The molecule has 0 fully saturated rings. The summed E-state index contributed by atoms with van der Waals surface area (Å²) in [5, 5.41) is 12.1. The second-order valence-corrected chi connectivity index (χ2v) is 6.31. The molecular formula is C17H24N4O4S. The van der Waals surface area contributed by atoms with Crippen LogP contribution >= 0.6 is 11.3 Å². The molecule has 1 amide bonds. The number of hydrogen-bond acceptors (Lipinski definition) is 8. The summed E-state index contributed by atoms with van der Waals surface area (Å²) in [5.41, 5.74) is 0.765. The number of aromatic nitrogens is 2. The van der Waals surface area contributed by atoms with Gasteiger partial charge in [0.15, 0.2) is 11.5 Å². The minimum absolute atomic E-state index is 0.110. The first-order valence-electron chi connectivity index (χ1n) is 8.22. The van der Waals surface area contributed by atoms with Gasteiger partial charge in [-0.3, -0.25) is 15.0 Å². The van der Waals surface area contributed by atoms with Crippen molar-refractivity contribution < 1.29 is 19.0 Å². The lowest BCUT2D eigenvalue weighted by molar-refractivity contribution is -0.117. The molecule has 2 rings (SSSR count). The Kier molecular flexibility index (Phi) is 7.16. The lowest BCUT2D eigenvalue weighted by Crippen LogP contribution is -2.32. The number of nitrogens with one attached hydrogen (secondary N) is 1. The summed E-state index contributed by atoms with van der Waals surface area (Å²) in [6.45, 7) is 5.99. The van der Waals surface area contributed by atoms with Gasteiger partial charge in [0.25, 0.3) is 0 Å². The molecule has 1 aromatic carbocycles. The second kappa shape index (κ2) is 9.35. The van der Waals surface area contributed by atoms with Crippen molar-refractivity contribution in [2.45, 2.75) is 13.8 Å². The van der Waals surface area contributed by atoms with E-state index in [0.29, 0.717) is 33.9 Å². The van der Waals surface area contributed by atoms with E-state index in [0.717, 1.165) is 18.7 Å². The Balaban J connectivity index is 2.20. The molecule has 0 saturated carbocycles. The number of amides is 1. The van der Waals surface area contributed by atoms with E-state index in [1.54, 1.807) is 33.5 Å². The number of nitrogens with zero attached hydrogens (tertiary/aromatic N) is 3. The van der Waals surface area contributed by atoms with Crippen LogP contribution in [-0.2, 0) is 4.79 Å². The molecule has 9 heteroatoms. The number of methoxy groups -OCH3 is 3. The Morgan fingerprint density at radius 3 is 2.19 bits per heavy atom. The summed E-state index contributed by atoms with van der Waals surface area (Å²) in [5.74, 6) is 1.46. The number of hydrogen-bond donors (Lipinski definition) is 1. The fourth-order valence-electron chi connectivity index (χ4n) is 2.40. The van der Waals surface area contributed by atoms with Gasteiger partial charge < -0.3 is 14.2 Å². The fourth-order valence-corrected chi connectivity index (χ4v) is 3.15. The van der Waals surface area contributed by atoms with Gasteiger partial charge in [0.2, 0.25) is 16.8 Å². The molecular weight excluding hydrogens is 356 g/mol. The van der Waals surface area contributed by atoms with Gasteiger partial charge in [0.1, 0.15) is 5.01 Å². The first-order chi connectivity index (χ1) is 12.6. The Morgan fingerprint density at radius 1 is 1.08 bits per heavy atom. The zero-order valence-electron chi connectivity index (χ0n) is 15.7. The van der Waals surface area contributed by atoms with Crippen LogP contribution < -0.4 is 19.5 Å². The van der Waals surface area contributed by atoms with Crippen LogP contribution in [0.4, 0.5) is 5.13 Å². The third-order valence-electron chi connectivity index (χ3n) is 3.84. The first kappa shape index (κ1) is 19.9. The number of carbonyl (C=O) groups is 1. The molecule has 0 unspecified atom stereocenters. The Bertz CT molecular complexity index is 721. The van der Waals surface area contributed by atoms with Gasteiger partial charge in [-0.25, -0.2) is 0 Å². The summed E-state index contributed by atoms with van der Waals surface area (Å²) in [4.78, 5) is 14.1. The van der Waals surface area contributed by atoms with E-state index in [4.69, 9.17) is 14.2 Å². The van der Waals surface area contributed by atoms with Crippen LogP contribution in [0.5, 0.6) is 17.2 Å². The highest BCUT2D eigenvalue weighted by Crippen LogP contribution is 2.42. The molecule has 26 heavy (non-hydrogen) atoms. The molecule has 0 aliphatic heterocycles. The van der Waals surface area contributed by atoms with Crippen molar-refractivity contribution in [1.82, 2.24) is 15.1 Å². The van der Waals surface area contributed by atoms with Gasteiger partial charge in [0, 0.05) is 5.56 Å². The van der Waals surface area contributed by atoms with E-state index in [2.05, 4.69) is 15.5 Å². The molecule has 0 atom stereocenters. The number of benzene rings is 1. The largest absolute Gasteiger partial charge is 0.493 e. The normalized spacial score (nSPS) is 10.7. The SMILES string of the molecule is CCN(CC)CC(=O)Nc1nnc(-c2cc(OC)c(OC)c(OC)c2)s1. The molecule has 0 bridgehead atoms. The van der Waals surface area contributed by atoms with Crippen LogP contribution in [0.15, 0.2) is 12.1 Å². The van der Waals surface area contributed by atoms with Gasteiger partial charge in [-0.05, 0) is 25.2 Å². The van der Waals surface area contributed by atoms with Crippen molar-refractivity contribution in [3.63, 3.8) is 0 Å². The average molecular weight is 380 g/mol. The van der Waals surface area contributed by atoms with Crippen LogP contribution in [0.25, 0.3) is 10.6 Å². The van der Waals surface area contributed by atoms with E-state index in [1.807, 2.05) is 18.7 Å². The molecule has 1 heterocycles. The number of likely N-dealkylation sites (N-methyl/N-ethyl adjacent to an activating group) is 1. The third-order valence-corrected chi connectivity index (χ3v) is 4.73. The van der Waals surface area contributed by atoms with Gasteiger partial charge in [-0.15, -0.1) is 10.2 Å². The zero-order valence-corrected chi connectivity index (χ0v) is 16.5. The lowest BCUT2D eigenvalue weighted by atomic mass is 10.2. The van der Waals surface area contributed by atoms with Gasteiger partial charge in [0.05, 0.1) is 27.9 Å². The monoisotopic (exact) mass is 380 g/mol. The van der Waals surface area contributed by atoms with E-state index < -0.39 is 0 Å². The van der Waals surface area contributed by atoms with Gasteiger partial charge >= 0.3 is 0 Å². The van der Waals surface area contributed by atoms with Crippen LogP contribution in [0, 0.1) is 0 Å². The van der Waals surface area contributed by atoms with Crippen molar-refractivity contribution in [2.24, 2.45) is 0 Å². The number of anilines is 1. The smallest absolute Gasteiger partial charge is 0.240 e. The summed E-state index contributed by atoms with van der Waals surface area (Å²) in [7, 11) is 4.66. The van der Waals surface area contributed by atoms with Crippen molar-refractivity contribution in [3.8, 4) is 27.8 Å². The maximum Gasteiger partial charge on any atom is 0.240 e. The van der Waals surface area contributed by atoms with E-state index in [-0.39, 0.29) is 5.91 Å². The Labute approximate surface area is 157 Å². The van der Waals surface area contributed by atoms with E-state index in [1.165, 1.54) is 11.3 Å². The summed E-state index contributed by atoms with van der Waals surface area (Å²) in [6, 6.07) is 3.59. The van der Waals surface area contributed by atoms with Crippen molar-refractivity contribution in [2.75, 3.05) is 46.3 Å². The number of ether oxygens (including phenoxy) is 3. The van der Waals surface area contributed by atoms with Gasteiger partial charge in [-0.1, -0.05) is 25.2 Å². The highest BCUT2D eigenvalue weighted by atomic mass is 32.1. The maximum absolute atomic E-state index is 12.1. The van der Waals surface area contributed by atoms with Crippen molar-refractivity contribution in [3.05, 3.63) is 12.1 Å². The Morgan fingerprint density at radius 2 is 1.69 bits per heavy atom. The van der Waals surface area contributed by atoms with Crippen LogP contribution in [0.2, 0.25) is 0 Å². The minimum atomic E-state index is -0.110. The molecule has 0 saturated heterocycles. The third kappa shape index (κ3) is 4.61. The highest BCUT2D eigenvalue weighted by Gasteiger charge is 2.17. The molecule has 0 aliphatic rings.